The van der Waals surface area contributed by atoms with Gasteiger partial charge in [-0.3, -0.25) is 9.78 Å². The average molecular weight is 342 g/mol. The molecule has 1 aromatic heterocycles. The standard InChI is InChI=1S/C19H22N2O4/c1-23-16-8-14(9-17(10-16)24-2)19(22)21-18-12-25-11-15(18)7-13-3-5-20-6-4-13/h3-6,8-10,15,18H,7,11-12H2,1-2H3,(H,21,22). The molecule has 1 aromatic carbocycles. The quantitative estimate of drug-likeness (QED) is 0.870. The van der Waals surface area contributed by atoms with Crippen LogP contribution in [0.1, 0.15) is 15.9 Å². The topological polar surface area (TPSA) is 69.7 Å². The van der Waals surface area contributed by atoms with Gasteiger partial charge in [0.05, 0.1) is 33.5 Å². The molecule has 0 saturated carbocycles. The van der Waals surface area contributed by atoms with Crippen LogP contribution in [0.2, 0.25) is 0 Å². The Hall–Kier alpha value is -2.60. The molecule has 6 nitrogen and oxygen atoms in total. The third kappa shape index (κ3) is 4.28. The van der Waals surface area contributed by atoms with Gasteiger partial charge < -0.3 is 19.5 Å². The number of benzene rings is 1. The lowest BCUT2D eigenvalue weighted by atomic mass is 9.95. The van der Waals surface area contributed by atoms with Crippen molar-refractivity contribution in [1.82, 2.24) is 10.3 Å². The fourth-order valence-electron chi connectivity index (χ4n) is 2.97. The molecule has 2 aromatic rings. The lowest BCUT2D eigenvalue weighted by Gasteiger charge is -2.19. The molecule has 1 aliphatic heterocycles. The fourth-order valence-corrected chi connectivity index (χ4v) is 2.97. The normalized spacial score (nSPS) is 19.4. The average Bonchev–Trinajstić information content (AvgIpc) is 3.08. The van der Waals surface area contributed by atoms with E-state index in [9.17, 15) is 4.79 Å². The monoisotopic (exact) mass is 342 g/mol. The van der Waals surface area contributed by atoms with E-state index in [0.717, 1.165) is 6.42 Å². The van der Waals surface area contributed by atoms with Crippen molar-refractivity contribution in [2.24, 2.45) is 5.92 Å². The zero-order valence-corrected chi connectivity index (χ0v) is 14.4. The predicted molar refractivity (Wildman–Crippen MR) is 93.1 cm³/mol. The van der Waals surface area contributed by atoms with E-state index in [1.807, 2.05) is 12.1 Å². The molecule has 0 spiro atoms. The maximum atomic E-state index is 12.6. The molecule has 2 heterocycles. The van der Waals surface area contributed by atoms with Crippen LogP contribution in [0.5, 0.6) is 11.5 Å². The van der Waals surface area contributed by atoms with Crippen molar-refractivity contribution in [2.45, 2.75) is 12.5 Å². The molecular weight excluding hydrogens is 320 g/mol. The Morgan fingerprint density at radius 3 is 2.48 bits per heavy atom. The van der Waals surface area contributed by atoms with Gasteiger partial charge in [-0.1, -0.05) is 0 Å². The second-order valence-electron chi connectivity index (χ2n) is 6.04. The van der Waals surface area contributed by atoms with E-state index >= 15 is 0 Å². The second-order valence-corrected chi connectivity index (χ2v) is 6.04. The Labute approximate surface area is 147 Å². The molecule has 25 heavy (non-hydrogen) atoms. The van der Waals surface area contributed by atoms with Gasteiger partial charge in [-0.2, -0.15) is 0 Å². The van der Waals surface area contributed by atoms with Gasteiger partial charge in [-0.15, -0.1) is 0 Å². The molecule has 0 bridgehead atoms. The van der Waals surface area contributed by atoms with Gasteiger partial charge in [0.1, 0.15) is 11.5 Å². The Bertz CT molecular complexity index is 698. The number of ether oxygens (including phenoxy) is 3. The first kappa shape index (κ1) is 17.2. The van der Waals surface area contributed by atoms with E-state index in [1.54, 1.807) is 44.8 Å². The molecule has 1 amide bonds. The van der Waals surface area contributed by atoms with Crippen LogP contribution in [0.15, 0.2) is 42.7 Å². The third-order valence-corrected chi connectivity index (χ3v) is 4.38. The number of nitrogens with zero attached hydrogens (tertiary/aromatic N) is 1. The molecule has 1 aliphatic rings. The lowest BCUT2D eigenvalue weighted by Crippen LogP contribution is -2.40. The van der Waals surface area contributed by atoms with Gasteiger partial charge in [0.25, 0.3) is 5.91 Å². The number of nitrogens with one attached hydrogen (secondary N) is 1. The summed E-state index contributed by atoms with van der Waals surface area (Å²) in [6, 6.07) is 9.09. The van der Waals surface area contributed by atoms with Gasteiger partial charge in [-0.05, 0) is 36.2 Å². The minimum absolute atomic E-state index is 0.0298. The summed E-state index contributed by atoms with van der Waals surface area (Å²) in [5.74, 6) is 1.24. The number of hydrogen-bond donors (Lipinski definition) is 1. The maximum absolute atomic E-state index is 12.6. The largest absolute Gasteiger partial charge is 0.497 e. The predicted octanol–water partition coefficient (Wildman–Crippen LogP) is 2.09. The minimum Gasteiger partial charge on any atom is -0.497 e. The van der Waals surface area contributed by atoms with Gasteiger partial charge in [0.15, 0.2) is 0 Å². The summed E-state index contributed by atoms with van der Waals surface area (Å²) in [6.07, 6.45) is 4.40. The lowest BCUT2D eigenvalue weighted by molar-refractivity contribution is 0.0924. The van der Waals surface area contributed by atoms with Crippen LogP contribution in [-0.2, 0) is 11.2 Å². The van der Waals surface area contributed by atoms with Crippen LogP contribution in [0.25, 0.3) is 0 Å². The Morgan fingerprint density at radius 1 is 1.16 bits per heavy atom. The smallest absolute Gasteiger partial charge is 0.251 e. The highest BCUT2D eigenvalue weighted by atomic mass is 16.5. The number of aromatic nitrogens is 1. The van der Waals surface area contributed by atoms with E-state index in [2.05, 4.69) is 10.3 Å². The SMILES string of the molecule is COc1cc(OC)cc(C(=O)NC2COCC2Cc2ccncc2)c1. The summed E-state index contributed by atoms with van der Waals surface area (Å²) in [4.78, 5) is 16.7. The van der Waals surface area contributed by atoms with Crippen molar-refractivity contribution in [3.8, 4) is 11.5 Å². The van der Waals surface area contributed by atoms with Gasteiger partial charge in [-0.25, -0.2) is 0 Å². The summed E-state index contributed by atoms with van der Waals surface area (Å²) < 4.78 is 16.0. The number of methoxy groups -OCH3 is 2. The molecule has 3 rings (SSSR count). The number of rotatable bonds is 6. The van der Waals surface area contributed by atoms with E-state index in [1.165, 1.54) is 5.56 Å². The van der Waals surface area contributed by atoms with Crippen LogP contribution < -0.4 is 14.8 Å². The van der Waals surface area contributed by atoms with Gasteiger partial charge in [0, 0.05) is 29.9 Å². The molecule has 1 N–H and O–H groups in total. The van der Waals surface area contributed by atoms with E-state index in [0.29, 0.717) is 30.3 Å². The summed E-state index contributed by atoms with van der Waals surface area (Å²) in [7, 11) is 3.12. The molecule has 132 valence electrons. The molecule has 6 heteroatoms. The highest BCUT2D eigenvalue weighted by Gasteiger charge is 2.30. The van der Waals surface area contributed by atoms with Crippen molar-refractivity contribution in [3.05, 3.63) is 53.9 Å². The molecule has 1 fully saturated rings. The van der Waals surface area contributed by atoms with Crippen LogP contribution >= 0.6 is 0 Å². The first-order chi connectivity index (χ1) is 12.2. The Balaban J connectivity index is 1.69. The molecule has 2 unspecified atom stereocenters. The number of amides is 1. The molecule has 2 atom stereocenters. The van der Waals surface area contributed by atoms with Crippen molar-refractivity contribution < 1.29 is 19.0 Å². The van der Waals surface area contributed by atoms with Crippen LogP contribution in [-0.4, -0.2) is 44.4 Å². The van der Waals surface area contributed by atoms with Crippen LogP contribution in [0.4, 0.5) is 0 Å². The van der Waals surface area contributed by atoms with Gasteiger partial charge in [0.2, 0.25) is 0 Å². The zero-order chi connectivity index (χ0) is 17.6. The first-order valence-corrected chi connectivity index (χ1v) is 8.20. The van der Waals surface area contributed by atoms with E-state index in [-0.39, 0.29) is 17.9 Å². The summed E-state index contributed by atoms with van der Waals surface area (Å²) >= 11 is 0. The summed E-state index contributed by atoms with van der Waals surface area (Å²) in [5, 5.41) is 3.08. The highest BCUT2D eigenvalue weighted by Crippen LogP contribution is 2.24. The molecule has 0 radical (unpaired) electrons. The number of pyridine rings is 1. The second kappa shape index (κ2) is 7.98. The van der Waals surface area contributed by atoms with Crippen LogP contribution in [0, 0.1) is 5.92 Å². The van der Waals surface area contributed by atoms with Crippen molar-refractivity contribution in [3.63, 3.8) is 0 Å². The van der Waals surface area contributed by atoms with Gasteiger partial charge >= 0.3 is 0 Å². The summed E-state index contributed by atoms with van der Waals surface area (Å²) in [6.45, 7) is 1.15. The maximum Gasteiger partial charge on any atom is 0.251 e. The number of hydrogen-bond acceptors (Lipinski definition) is 5. The van der Waals surface area contributed by atoms with E-state index in [4.69, 9.17) is 14.2 Å². The zero-order valence-electron chi connectivity index (χ0n) is 14.4. The van der Waals surface area contributed by atoms with Crippen molar-refractivity contribution in [1.29, 1.82) is 0 Å². The molecule has 1 saturated heterocycles. The van der Waals surface area contributed by atoms with Crippen molar-refractivity contribution >= 4 is 5.91 Å². The Kier molecular flexibility index (Phi) is 5.50. The molecular formula is C19H22N2O4. The Morgan fingerprint density at radius 2 is 1.84 bits per heavy atom. The highest BCUT2D eigenvalue weighted by molar-refractivity contribution is 5.95. The van der Waals surface area contributed by atoms with Crippen LogP contribution in [0.3, 0.4) is 0 Å². The summed E-state index contributed by atoms with van der Waals surface area (Å²) in [5.41, 5.74) is 1.69. The van der Waals surface area contributed by atoms with Crippen molar-refractivity contribution in [2.75, 3.05) is 27.4 Å². The first-order valence-electron chi connectivity index (χ1n) is 8.20. The minimum atomic E-state index is -0.160. The molecule has 0 aliphatic carbocycles. The number of carbonyl (C=O) groups is 1. The third-order valence-electron chi connectivity index (χ3n) is 4.38. The number of carbonyl (C=O) groups excluding carboxylic acids is 1. The fraction of sp³-hybridized carbons (Fsp3) is 0.368. The van der Waals surface area contributed by atoms with E-state index < -0.39 is 0 Å².